The van der Waals surface area contributed by atoms with Gasteiger partial charge in [-0.25, -0.2) is 4.79 Å². The number of rotatable bonds is 5. The molecule has 0 aromatic heterocycles. The van der Waals surface area contributed by atoms with E-state index in [1.165, 1.54) is 18.9 Å². The molecule has 1 atom stereocenters. The normalized spacial score (nSPS) is 12.6. The summed E-state index contributed by atoms with van der Waals surface area (Å²) >= 11 is 7.49. The lowest BCUT2D eigenvalue weighted by Crippen LogP contribution is -2.25. The summed E-state index contributed by atoms with van der Waals surface area (Å²) in [4.78, 5) is 23.9. The Hall–Kier alpha value is -1.40. The SMILES string of the molecule is COC(=O)c1ccc(Cl)c(N)c1C(COC(=O)C(C)(C)C)SC. The van der Waals surface area contributed by atoms with Crippen LogP contribution in [0.2, 0.25) is 5.02 Å². The standard InChI is InChI=1S/C16H22ClNO4S/c1-16(2,3)15(20)22-8-11(23-5)12-9(14(19)21-4)6-7-10(17)13(12)18/h6-7,11H,8,18H2,1-5H3. The number of esters is 2. The van der Waals surface area contributed by atoms with Crippen LogP contribution in [0.15, 0.2) is 12.1 Å². The van der Waals surface area contributed by atoms with E-state index in [9.17, 15) is 9.59 Å². The number of halogens is 1. The Labute approximate surface area is 145 Å². The van der Waals surface area contributed by atoms with Crippen LogP contribution in [-0.4, -0.2) is 31.9 Å². The molecule has 0 saturated heterocycles. The number of carbonyl (C=O) groups excluding carboxylic acids is 2. The molecule has 0 fully saturated rings. The van der Waals surface area contributed by atoms with Gasteiger partial charge < -0.3 is 15.2 Å². The third kappa shape index (κ3) is 4.78. The fourth-order valence-electron chi connectivity index (χ4n) is 1.88. The Morgan fingerprint density at radius 3 is 2.43 bits per heavy atom. The molecular weight excluding hydrogens is 338 g/mol. The van der Waals surface area contributed by atoms with Gasteiger partial charge in [-0.1, -0.05) is 11.6 Å². The molecule has 1 aromatic rings. The van der Waals surface area contributed by atoms with Crippen LogP contribution in [0, 0.1) is 5.41 Å². The van der Waals surface area contributed by atoms with Crippen LogP contribution < -0.4 is 5.73 Å². The summed E-state index contributed by atoms with van der Waals surface area (Å²) in [7, 11) is 1.30. The molecule has 5 nitrogen and oxygen atoms in total. The molecule has 0 aliphatic rings. The number of nitrogens with two attached hydrogens (primary N) is 1. The molecule has 0 heterocycles. The van der Waals surface area contributed by atoms with Gasteiger partial charge in [0.15, 0.2) is 0 Å². The molecule has 0 aliphatic heterocycles. The molecule has 1 aromatic carbocycles. The van der Waals surface area contributed by atoms with E-state index in [1.807, 2.05) is 6.26 Å². The third-order valence-electron chi connectivity index (χ3n) is 3.22. The van der Waals surface area contributed by atoms with E-state index in [1.54, 1.807) is 32.9 Å². The van der Waals surface area contributed by atoms with Gasteiger partial charge in [0, 0.05) is 5.56 Å². The van der Waals surface area contributed by atoms with Crippen LogP contribution in [0.3, 0.4) is 0 Å². The van der Waals surface area contributed by atoms with Crippen LogP contribution in [0.25, 0.3) is 0 Å². The minimum atomic E-state index is -0.603. The number of carbonyl (C=O) groups is 2. The lowest BCUT2D eigenvalue weighted by molar-refractivity contribution is -0.152. The largest absolute Gasteiger partial charge is 0.465 e. The number of methoxy groups -OCH3 is 1. The second-order valence-electron chi connectivity index (χ2n) is 5.99. The van der Waals surface area contributed by atoms with Gasteiger partial charge in [-0.05, 0) is 39.2 Å². The fraction of sp³-hybridized carbons (Fsp3) is 0.500. The second-order valence-corrected chi connectivity index (χ2v) is 7.43. The van der Waals surface area contributed by atoms with E-state index in [2.05, 4.69) is 0 Å². The number of ether oxygens (including phenoxy) is 2. The number of benzene rings is 1. The smallest absolute Gasteiger partial charge is 0.338 e. The number of hydrogen-bond acceptors (Lipinski definition) is 6. The lowest BCUT2D eigenvalue weighted by atomic mass is 9.97. The first-order valence-corrected chi connectivity index (χ1v) is 8.66. The van der Waals surface area contributed by atoms with Crippen molar-refractivity contribution in [2.24, 2.45) is 5.41 Å². The number of thioether (sulfide) groups is 1. The summed E-state index contributed by atoms with van der Waals surface area (Å²) in [5.74, 6) is -0.832. The Morgan fingerprint density at radius 2 is 1.96 bits per heavy atom. The molecular formula is C16H22ClNO4S. The Kier molecular flexibility index (Phi) is 6.77. The predicted octanol–water partition coefficient (Wildman–Crippen LogP) is 3.70. The number of anilines is 1. The van der Waals surface area contributed by atoms with Crippen molar-refractivity contribution in [3.63, 3.8) is 0 Å². The molecule has 0 bridgehead atoms. The van der Waals surface area contributed by atoms with Gasteiger partial charge in [0.2, 0.25) is 0 Å². The van der Waals surface area contributed by atoms with Crippen LogP contribution in [0.1, 0.15) is 41.9 Å². The van der Waals surface area contributed by atoms with Crippen molar-refractivity contribution >= 4 is 41.0 Å². The van der Waals surface area contributed by atoms with Crippen LogP contribution in [0.4, 0.5) is 5.69 Å². The number of hydrogen-bond donors (Lipinski definition) is 1. The van der Waals surface area contributed by atoms with Crippen molar-refractivity contribution in [3.8, 4) is 0 Å². The van der Waals surface area contributed by atoms with Crippen molar-refractivity contribution in [2.75, 3.05) is 25.7 Å². The van der Waals surface area contributed by atoms with Crippen molar-refractivity contribution in [2.45, 2.75) is 26.0 Å². The summed E-state index contributed by atoms with van der Waals surface area (Å²) in [5.41, 5.74) is 6.59. The average Bonchev–Trinajstić information content (AvgIpc) is 2.49. The van der Waals surface area contributed by atoms with Gasteiger partial charge >= 0.3 is 11.9 Å². The first kappa shape index (κ1) is 19.6. The molecule has 23 heavy (non-hydrogen) atoms. The average molecular weight is 360 g/mol. The summed E-state index contributed by atoms with van der Waals surface area (Å²) in [6.07, 6.45) is 1.84. The zero-order chi connectivity index (χ0) is 17.8. The van der Waals surface area contributed by atoms with E-state index in [0.29, 0.717) is 21.8 Å². The zero-order valence-electron chi connectivity index (χ0n) is 13.9. The Morgan fingerprint density at radius 1 is 1.35 bits per heavy atom. The van der Waals surface area contributed by atoms with Gasteiger partial charge in [-0.15, -0.1) is 0 Å². The Bertz CT molecular complexity index is 598. The molecule has 0 spiro atoms. The van der Waals surface area contributed by atoms with Gasteiger partial charge in [-0.3, -0.25) is 4.79 Å². The molecule has 1 unspecified atom stereocenters. The highest BCUT2D eigenvalue weighted by Crippen LogP contribution is 2.38. The molecule has 128 valence electrons. The van der Waals surface area contributed by atoms with Crippen molar-refractivity contribution in [1.82, 2.24) is 0 Å². The highest BCUT2D eigenvalue weighted by Gasteiger charge is 2.28. The molecule has 2 N–H and O–H groups in total. The number of nitrogen functional groups attached to an aromatic ring is 1. The topological polar surface area (TPSA) is 78.6 Å². The summed E-state index contributed by atoms with van der Waals surface area (Å²) < 4.78 is 10.2. The molecule has 1 rings (SSSR count). The van der Waals surface area contributed by atoms with Gasteiger partial charge in [0.1, 0.15) is 6.61 Å². The monoisotopic (exact) mass is 359 g/mol. The predicted molar refractivity (Wildman–Crippen MR) is 93.9 cm³/mol. The molecule has 7 heteroatoms. The van der Waals surface area contributed by atoms with Crippen molar-refractivity contribution < 1.29 is 19.1 Å². The van der Waals surface area contributed by atoms with E-state index in [-0.39, 0.29) is 17.8 Å². The molecule has 0 amide bonds. The third-order valence-corrected chi connectivity index (χ3v) is 4.49. The summed E-state index contributed by atoms with van der Waals surface area (Å²) in [6, 6.07) is 3.11. The minimum absolute atomic E-state index is 0.0891. The van der Waals surface area contributed by atoms with E-state index < -0.39 is 11.4 Å². The van der Waals surface area contributed by atoms with Crippen LogP contribution in [0.5, 0.6) is 0 Å². The maximum atomic E-state index is 12.0. The zero-order valence-corrected chi connectivity index (χ0v) is 15.5. The quantitative estimate of drug-likeness (QED) is 0.637. The first-order chi connectivity index (χ1) is 10.6. The maximum Gasteiger partial charge on any atom is 0.338 e. The minimum Gasteiger partial charge on any atom is -0.465 e. The van der Waals surface area contributed by atoms with Crippen molar-refractivity contribution in [3.05, 3.63) is 28.3 Å². The molecule has 0 aliphatic carbocycles. The van der Waals surface area contributed by atoms with Crippen molar-refractivity contribution in [1.29, 1.82) is 0 Å². The lowest BCUT2D eigenvalue weighted by Gasteiger charge is -2.23. The van der Waals surface area contributed by atoms with Crippen LogP contribution in [-0.2, 0) is 14.3 Å². The fourth-order valence-corrected chi connectivity index (χ4v) is 2.74. The first-order valence-electron chi connectivity index (χ1n) is 6.99. The van der Waals surface area contributed by atoms with E-state index >= 15 is 0 Å². The molecule has 0 radical (unpaired) electrons. The van der Waals surface area contributed by atoms with Gasteiger partial charge in [0.25, 0.3) is 0 Å². The van der Waals surface area contributed by atoms with Gasteiger partial charge in [-0.2, -0.15) is 11.8 Å². The second kappa shape index (κ2) is 7.93. The molecule has 0 saturated carbocycles. The maximum absolute atomic E-state index is 12.0. The van der Waals surface area contributed by atoms with E-state index in [0.717, 1.165) is 0 Å². The van der Waals surface area contributed by atoms with Gasteiger partial charge in [0.05, 0.1) is 34.0 Å². The van der Waals surface area contributed by atoms with E-state index in [4.69, 9.17) is 26.8 Å². The highest BCUT2D eigenvalue weighted by atomic mass is 35.5. The summed E-state index contributed by atoms with van der Waals surface area (Å²) in [6.45, 7) is 5.41. The highest BCUT2D eigenvalue weighted by molar-refractivity contribution is 7.98. The summed E-state index contributed by atoms with van der Waals surface area (Å²) in [5, 5.41) is 0.0166. The Balaban J connectivity index is 3.17. The van der Waals surface area contributed by atoms with Crippen LogP contribution >= 0.6 is 23.4 Å².